The van der Waals surface area contributed by atoms with Crippen molar-refractivity contribution in [1.29, 1.82) is 0 Å². The quantitative estimate of drug-likeness (QED) is 0.0807. The Hall–Kier alpha value is -1.60. The van der Waals surface area contributed by atoms with E-state index in [9.17, 15) is 133 Å². The van der Waals surface area contributed by atoms with E-state index in [4.69, 9.17) is 66.6 Å². The molecule has 40 nitrogen and oxygen atoms in total. The minimum absolute atomic E-state index is 0.667. The van der Waals surface area contributed by atoms with Gasteiger partial charge in [0.25, 0.3) is 0 Å². The molecule has 516 valence electrons. The van der Waals surface area contributed by atoms with Crippen LogP contribution < -0.4 is 0 Å². The third-order valence-corrected chi connectivity index (χ3v) is 16.6. The van der Waals surface area contributed by atoms with E-state index in [1.165, 1.54) is 0 Å². The highest BCUT2D eigenvalue weighted by Crippen LogP contribution is 2.62. The molecule has 12 saturated heterocycles. The van der Waals surface area contributed by atoms with Crippen LogP contribution in [0.3, 0.4) is 0 Å². The van der Waals surface area contributed by atoms with Crippen molar-refractivity contribution in [2.45, 2.75) is 246 Å². The van der Waals surface area contributed by atoms with E-state index in [0.717, 1.165) is 6.92 Å². The monoisotopic (exact) mass is 1300 g/mol. The summed E-state index contributed by atoms with van der Waals surface area (Å²) in [6.07, 6.45) is -77.3. The summed E-state index contributed by atoms with van der Waals surface area (Å²) < 4.78 is 66.9. The summed E-state index contributed by atoms with van der Waals surface area (Å²) in [5.74, 6) is 0. The molecule has 40 heteroatoms. The van der Waals surface area contributed by atoms with Gasteiger partial charge in [0.1, 0.15) is 146 Å². The first kappa shape index (κ1) is 73.8. The highest BCUT2D eigenvalue weighted by molar-refractivity contribution is 5.36. The Morgan fingerprint density at radius 1 is 0.352 bits per heavy atom. The van der Waals surface area contributed by atoms with Crippen molar-refractivity contribution in [1.82, 2.24) is 0 Å². The number of hydrogen-bond acceptors (Lipinski definition) is 40. The van der Waals surface area contributed by atoms with Gasteiger partial charge in [0.05, 0.1) is 58.0 Å². The highest BCUT2D eigenvalue weighted by atomic mass is 17.2. The van der Waals surface area contributed by atoms with Gasteiger partial charge in [-0.25, -0.2) is 9.78 Å². The van der Waals surface area contributed by atoms with E-state index < -0.39 is 292 Å². The number of aliphatic hydroxyl groups is 26. The standard InChI is InChI=1S/C48H84O40/c1-12(57)20(58)37-19(10-55)87-88-46-47(11-56)48(46,74)38(71)45(86-47)85-36-18(9-54)78-42(30(68)25(36)63)76-14(3-5-50)22(60)27(65)39(72)81-33-15(6-51)77-41(29(67)23(33)61)75-13(2-4-49)21(59)28(66)40(73)82-34-16(7-52)79-43(31(69)24(34)62)83-35-17(8-53)80-44(84-37)32(70)26(35)64/h12-46,49-74H,2-11H2,1H3. The van der Waals surface area contributed by atoms with Crippen LogP contribution in [0.2, 0.25) is 0 Å². The number of fused-ring (bicyclic) bond motifs is 2. The first-order valence-electron chi connectivity index (χ1n) is 28.0. The molecule has 13 rings (SSSR count). The lowest BCUT2D eigenvalue weighted by molar-refractivity contribution is -0.401. The normalized spacial score (nSPS) is 52.2. The molecule has 13 fully saturated rings. The van der Waals surface area contributed by atoms with Crippen LogP contribution in [0, 0.1) is 0 Å². The van der Waals surface area contributed by atoms with Crippen LogP contribution in [0.25, 0.3) is 0 Å². The molecule has 0 aromatic heterocycles. The Balaban J connectivity index is 1.17. The van der Waals surface area contributed by atoms with Gasteiger partial charge >= 0.3 is 0 Å². The van der Waals surface area contributed by atoms with Crippen molar-refractivity contribution in [3.63, 3.8) is 0 Å². The molecule has 0 aromatic rings. The van der Waals surface area contributed by atoms with Crippen LogP contribution in [-0.4, -0.2) is 412 Å². The summed E-state index contributed by atoms with van der Waals surface area (Å²) in [4.78, 5) is 10.6. The summed E-state index contributed by atoms with van der Waals surface area (Å²) in [6, 6.07) is 0. The van der Waals surface area contributed by atoms with Crippen molar-refractivity contribution >= 4 is 0 Å². The van der Waals surface area contributed by atoms with Crippen molar-refractivity contribution in [2.75, 3.05) is 52.9 Å². The van der Waals surface area contributed by atoms with Gasteiger partial charge < -0.3 is 190 Å². The maximum Gasteiger partial charge on any atom is 0.188 e. The second-order valence-corrected chi connectivity index (χ2v) is 22.3. The van der Waals surface area contributed by atoms with E-state index in [1.807, 2.05) is 0 Å². The van der Waals surface area contributed by atoms with Gasteiger partial charge in [-0.1, -0.05) is 0 Å². The first-order chi connectivity index (χ1) is 41.6. The zero-order valence-electron chi connectivity index (χ0n) is 46.6. The topological polar surface area (TPSA) is 655 Å². The molecule has 12 aliphatic heterocycles. The Morgan fingerprint density at radius 2 is 0.682 bits per heavy atom. The molecule has 13 aliphatic rings. The second-order valence-electron chi connectivity index (χ2n) is 22.3. The molecule has 0 spiro atoms. The summed E-state index contributed by atoms with van der Waals surface area (Å²) in [6.45, 7) is -7.74. The van der Waals surface area contributed by atoms with Gasteiger partial charge in [0, 0.05) is 13.2 Å². The molecule has 1 aliphatic carbocycles. The molecular weight excluding hydrogens is 1220 g/mol. The van der Waals surface area contributed by atoms with Gasteiger partial charge in [0.15, 0.2) is 61.3 Å². The van der Waals surface area contributed by atoms with Crippen molar-refractivity contribution in [2.24, 2.45) is 0 Å². The van der Waals surface area contributed by atoms with Gasteiger partial charge in [0.2, 0.25) is 0 Å². The minimum Gasteiger partial charge on any atom is -0.396 e. The lowest BCUT2D eigenvalue weighted by atomic mass is 9.96. The lowest BCUT2D eigenvalue weighted by Crippen LogP contribution is -2.66. The zero-order valence-corrected chi connectivity index (χ0v) is 46.6. The smallest absolute Gasteiger partial charge is 0.188 e. The second kappa shape index (κ2) is 31.3. The Bertz CT molecular complexity index is 2090. The molecule has 0 amide bonds. The average molecular weight is 1300 g/mol. The van der Waals surface area contributed by atoms with Gasteiger partial charge in [-0.05, 0) is 19.8 Å². The molecule has 37 unspecified atom stereocenters. The summed E-state index contributed by atoms with van der Waals surface area (Å²) in [5.41, 5.74) is -5.17. The Morgan fingerprint density at radius 3 is 1.01 bits per heavy atom. The van der Waals surface area contributed by atoms with Gasteiger partial charge in [-0.3, -0.25) is 0 Å². The number of rotatable bonds is 12. The van der Waals surface area contributed by atoms with E-state index in [2.05, 4.69) is 0 Å². The van der Waals surface area contributed by atoms with E-state index in [0.29, 0.717) is 0 Å². The average Bonchev–Trinajstić information content (AvgIpc) is 1.48. The van der Waals surface area contributed by atoms with E-state index >= 15 is 0 Å². The highest BCUT2D eigenvalue weighted by Gasteiger charge is 2.89. The van der Waals surface area contributed by atoms with Crippen LogP contribution in [-0.2, 0) is 66.6 Å². The third-order valence-electron chi connectivity index (χ3n) is 16.6. The van der Waals surface area contributed by atoms with E-state index in [1.54, 1.807) is 0 Å². The molecular formula is C48H84O40. The number of ether oxygens (including phenoxy) is 12. The molecule has 0 aromatic carbocycles. The maximum atomic E-state index is 11.7. The molecule has 12 heterocycles. The molecule has 26 N–H and O–H groups in total. The molecule has 37 atom stereocenters. The zero-order chi connectivity index (χ0) is 65.2. The summed E-state index contributed by atoms with van der Waals surface area (Å²) in [7, 11) is 0. The predicted molar refractivity (Wildman–Crippen MR) is 265 cm³/mol. The van der Waals surface area contributed by atoms with Crippen LogP contribution in [0.4, 0.5) is 0 Å². The molecule has 0 radical (unpaired) electrons. The van der Waals surface area contributed by atoms with Crippen LogP contribution in [0.5, 0.6) is 0 Å². The Kier molecular flexibility index (Phi) is 26.3. The fourth-order valence-corrected chi connectivity index (χ4v) is 11.3. The van der Waals surface area contributed by atoms with Gasteiger partial charge in [-0.15, -0.1) is 0 Å². The SMILES string of the molecule is CC(O)C(O)C1OC2OC(CO)C(OC3OC(CO)C(OC(O)C(O)C(O)C(CCO)OC4OC(CO)C(OC(O)C(O)C(O)C(CCO)OC5OC(CO)C(OC6OC7(CO)C(OOC1CO)C7(O)C6O)C(O)C5O)C(O)C4O)C(O)C3O)C(O)C2O. The minimum atomic E-state index is -2.75. The Labute approximate surface area is 497 Å². The molecule has 12 bridgehead atoms. The van der Waals surface area contributed by atoms with Crippen molar-refractivity contribution in [3.8, 4) is 0 Å². The number of hydrogen-bond donors (Lipinski definition) is 26. The largest absolute Gasteiger partial charge is 0.396 e. The molecule has 88 heavy (non-hydrogen) atoms. The van der Waals surface area contributed by atoms with Crippen molar-refractivity contribution < 1.29 is 199 Å². The summed E-state index contributed by atoms with van der Waals surface area (Å²) >= 11 is 0. The fraction of sp³-hybridized carbons (Fsp3) is 1.00. The van der Waals surface area contributed by atoms with Crippen LogP contribution in [0.15, 0.2) is 0 Å². The van der Waals surface area contributed by atoms with E-state index in [-0.39, 0.29) is 0 Å². The lowest BCUT2D eigenvalue weighted by Gasteiger charge is -2.47. The maximum absolute atomic E-state index is 11.7. The summed E-state index contributed by atoms with van der Waals surface area (Å²) in [5, 5.41) is 284. The van der Waals surface area contributed by atoms with Crippen molar-refractivity contribution in [3.05, 3.63) is 0 Å². The fourth-order valence-electron chi connectivity index (χ4n) is 11.3. The number of aliphatic hydroxyl groups excluding tert-OH is 25. The third kappa shape index (κ3) is 14.6. The van der Waals surface area contributed by atoms with Crippen LogP contribution in [0.1, 0.15) is 19.8 Å². The molecule has 1 saturated carbocycles. The van der Waals surface area contributed by atoms with Gasteiger partial charge in [-0.2, -0.15) is 0 Å². The predicted octanol–water partition coefficient (Wildman–Crippen LogP) is -17.1. The van der Waals surface area contributed by atoms with Crippen LogP contribution >= 0.6 is 0 Å². The first-order valence-corrected chi connectivity index (χ1v) is 28.0.